The van der Waals surface area contributed by atoms with Crippen LogP contribution in [0.1, 0.15) is 51.2 Å². The molecular formula is C21H27N3O3S. The molecule has 7 heteroatoms. The maximum Gasteiger partial charge on any atom is 0.339 e. The van der Waals surface area contributed by atoms with Gasteiger partial charge in [0.05, 0.1) is 17.9 Å². The minimum absolute atomic E-state index is 0.200. The first kappa shape index (κ1) is 20.5. The second-order valence-electron chi connectivity index (χ2n) is 7.08. The average Bonchev–Trinajstić information content (AvgIpc) is 3.19. The molecule has 0 saturated carbocycles. The van der Waals surface area contributed by atoms with Crippen LogP contribution in [0.15, 0.2) is 29.6 Å². The van der Waals surface area contributed by atoms with Crippen LogP contribution in [0.2, 0.25) is 0 Å². The molecule has 1 N–H and O–H groups in total. The van der Waals surface area contributed by atoms with Crippen LogP contribution >= 0.6 is 11.3 Å². The van der Waals surface area contributed by atoms with Gasteiger partial charge in [-0.3, -0.25) is 9.69 Å². The van der Waals surface area contributed by atoms with Gasteiger partial charge in [0, 0.05) is 24.5 Å². The molecule has 1 aliphatic rings. The molecule has 1 atom stereocenters. The lowest BCUT2D eigenvalue weighted by atomic mass is 9.98. The van der Waals surface area contributed by atoms with Crippen LogP contribution in [0.4, 0.5) is 0 Å². The van der Waals surface area contributed by atoms with Gasteiger partial charge < -0.3 is 10.1 Å². The number of aromatic nitrogens is 1. The van der Waals surface area contributed by atoms with E-state index in [0.29, 0.717) is 36.0 Å². The maximum absolute atomic E-state index is 12.5. The molecule has 6 nitrogen and oxygen atoms in total. The third-order valence-corrected chi connectivity index (χ3v) is 5.79. The number of thiophene rings is 1. The molecule has 1 aliphatic heterocycles. The molecular weight excluding hydrogens is 374 g/mol. The Labute approximate surface area is 169 Å². The van der Waals surface area contributed by atoms with E-state index < -0.39 is 5.97 Å². The molecule has 2 aromatic rings. The summed E-state index contributed by atoms with van der Waals surface area (Å²) in [6.45, 7) is 7.51. The van der Waals surface area contributed by atoms with Crippen LogP contribution < -0.4 is 5.32 Å². The molecule has 0 aromatic carbocycles. The van der Waals surface area contributed by atoms with Crippen molar-refractivity contribution in [2.24, 2.45) is 5.92 Å². The van der Waals surface area contributed by atoms with Crippen molar-refractivity contribution in [2.75, 3.05) is 26.2 Å². The van der Waals surface area contributed by atoms with E-state index in [0.717, 1.165) is 32.5 Å². The standard InChI is InChI=1S/C21H27N3O3S/c1-3-27-21(26)18-8-9-19(23-15(18)2)20(25)22-12-16-6-4-10-24(13-16)14-17-7-5-11-28-17/h5,7-9,11,16H,3-4,6,10,12-14H2,1-2H3,(H,22,25). The van der Waals surface area contributed by atoms with E-state index in [2.05, 4.69) is 32.7 Å². The number of carbonyl (C=O) groups is 2. The molecule has 1 amide bonds. The molecule has 0 spiro atoms. The lowest BCUT2D eigenvalue weighted by Crippen LogP contribution is -2.40. The number of nitrogens with zero attached hydrogens (tertiary/aromatic N) is 2. The monoisotopic (exact) mass is 401 g/mol. The van der Waals surface area contributed by atoms with E-state index >= 15 is 0 Å². The number of hydrogen-bond acceptors (Lipinski definition) is 6. The lowest BCUT2D eigenvalue weighted by molar-refractivity contribution is 0.0524. The van der Waals surface area contributed by atoms with Crippen molar-refractivity contribution in [1.82, 2.24) is 15.2 Å². The highest BCUT2D eigenvalue weighted by molar-refractivity contribution is 7.09. The van der Waals surface area contributed by atoms with Crippen molar-refractivity contribution < 1.29 is 14.3 Å². The molecule has 1 fully saturated rings. The average molecular weight is 402 g/mol. The fourth-order valence-corrected chi connectivity index (χ4v) is 4.27. The van der Waals surface area contributed by atoms with Gasteiger partial charge in [0.1, 0.15) is 5.69 Å². The number of amides is 1. The van der Waals surface area contributed by atoms with Crippen molar-refractivity contribution in [2.45, 2.75) is 33.2 Å². The second-order valence-corrected chi connectivity index (χ2v) is 8.11. The van der Waals surface area contributed by atoms with Crippen molar-refractivity contribution in [3.05, 3.63) is 51.5 Å². The van der Waals surface area contributed by atoms with Gasteiger partial charge in [0.2, 0.25) is 0 Å². The van der Waals surface area contributed by atoms with Gasteiger partial charge >= 0.3 is 5.97 Å². The zero-order chi connectivity index (χ0) is 19.9. The summed E-state index contributed by atoms with van der Waals surface area (Å²) in [5, 5.41) is 5.12. The van der Waals surface area contributed by atoms with Crippen LogP contribution in [0.5, 0.6) is 0 Å². The first-order valence-corrected chi connectivity index (χ1v) is 10.6. The predicted octanol–water partition coefficient (Wildman–Crippen LogP) is 3.27. The number of piperidine rings is 1. The quantitative estimate of drug-likeness (QED) is 0.721. The summed E-state index contributed by atoms with van der Waals surface area (Å²) in [6.07, 6.45) is 2.27. The number of nitrogens with one attached hydrogen (secondary N) is 1. The zero-order valence-corrected chi connectivity index (χ0v) is 17.3. The van der Waals surface area contributed by atoms with Gasteiger partial charge in [0.15, 0.2) is 0 Å². The van der Waals surface area contributed by atoms with E-state index in [1.165, 1.54) is 4.88 Å². The van der Waals surface area contributed by atoms with Crippen LogP contribution in [-0.4, -0.2) is 48.0 Å². The van der Waals surface area contributed by atoms with Crippen LogP contribution in [0.25, 0.3) is 0 Å². The van der Waals surface area contributed by atoms with E-state index in [1.54, 1.807) is 37.3 Å². The molecule has 2 aromatic heterocycles. The highest BCUT2D eigenvalue weighted by atomic mass is 32.1. The van der Waals surface area contributed by atoms with E-state index in [1.807, 2.05) is 0 Å². The number of likely N-dealkylation sites (tertiary alicyclic amines) is 1. The Morgan fingerprint density at radius 1 is 1.36 bits per heavy atom. The predicted molar refractivity (Wildman–Crippen MR) is 110 cm³/mol. The van der Waals surface area contributed by atoms with Crippen molar-refractivity contribution >= 4 is 23.2 Å². The number of ether oxygens (including phenoxy) is 1. The fourth-order valence-electron chi connectivity index (χ4n) is 3.52. The van der Waals surface area contributed by atoms with Crippen molar-refractivity contribution in [3.8, 4) is 0 Å². The molecule has 0 aliphatic carbocycles. The largest absolute Gasteiger partial charge is 0.462 e. The number of esters is 1. The van der Waals surface area contributed by atoms with E-state index in [4.69, 9.17) is 4.74 Å². The fraction of sp³-hybridized carbons (Fsp3) is 0.476. The third kappa shape index (κ3) is 5.39. The number of pyridine rings is 1. The lowest BCUT2D eigenvalue weighted by Gasteiger charge is -2.32. The van der Waals surface area contributed by atoms with Gasteiger partial charge in [-0.25, -0.2) is 9.78 Å². The van der Waals surface area contributed by atoms with Gasteiger partial charge in [-0.2, -0.15) is 0 Å². The van der Waals surface area contributed by atoms with E-state index in [9.17, 15) is 9.59 Å². The zero-order valence-electron chi connectivity index (χ0n) is 16.4. The van der Waals surface area contributed by atoms with Crippen LogP contribution in [0, 0.1) is 12.8 Å². The van der Waals surface area contributed by atoms with E-state index in [-0.39, 0.29) is 5.91 Å². The Bertz CT molecular complexity index is 807. The summed E-state index contributed by atoms with van der Waals surface area (Å²) in [6, 6.07) is 7.45. The Kier molecular flexibility index (Phi) is 7.17. The minimum Gasteiger partial charge on any atom is -0.462 e. The molecule has 3 heterocycles. The Morgan fingerprint density at radius 2 is 2.21 bits per heavy atom. The van der Waals surface area contributed by atoms with Crippen molar-refractivity contribution in [1.29, 1.82) is 0 Å². The molecule has 1 unspecified atom stereocenters. The van der Waals surface area contributed by atoms with Crippen LogP contribution in [0.3, 0.4) is 0 Å². The number of carbonyl (C=O) groups excluding carboxylic acids is 2. The maximum atomic E-state index is 12.5. The molecule has 28 heavy (non-hydrogen) atoms. The molecule has 150 valence electrons. The van der Waals surface area contributed by atoms with Gasteiger partial charge in [-0.15, -0.1) is 11.3 Å². The van der Waals surface area contributed by atoms with Crippen molar-refractivity contribution in [3.63, 3.8) is 0 Å². The summed E-state index contributed by atoms with van der Waals surface area (Å²) in [5.74, 6) is -0.168. The topological polar surface area (TPSA) is 71.5 Å². The highest BCUT2D eigenvalue weighted by Crippen LogP contribution is 2.20. The Balaban J connectivity index is 1.52. The van der Waals surface area contributed by atoms with Crippen LogP contribution in [-0.2, 0) is 11.3 Å². The summed E-state index contributed by atoms with van der Waals surface area (Å²) in [4.78, 5) is 32.5. The first-order valence-electron chi connectivity index (χ1n) is 9.74. The summed E-state index contributed by atoms with van der Waals surface area (Å²) in [7, 11) is 0. The number of aryl methyl sites for hydroxylation is 1. The molecule has 0 radical (unpaired) electrons. The Hall–Kier alpha value is -2.25. The number of hydrogen-bond donors (Lipinski definition) is 1. The summed E-state index contributed by atoms with van der Waals surface area (Å²) >= 11 is 1.79. The smallest absolute Gasteiger partial charge is 0.339 e. The minimum atomic E-state index is -0.410. The summed E-state index contributed by atoms with van der Waals surface area (Å²) in [5.41, 5.74) is 1.23. The second kappa shape index (κ2) is 9.80. The van der Waals surface area contributed by atoms with Gasteiger partial charge in [-0.05, 0) is 62.7 Å². The SMILES string of the molecule is CCOC(=O)c1ccc(C(=O)NCC2CCCN(Cc3cccs3)C2)nc1C. The van der Waals surface area contributed by atoms with Gasteiger partial charge in [0.25, 0.3) is 5.91 Å². The third-order valence-electron chi connectivity index (χ3n) is 4.93. The summed E-state index contributed by atoms with van der Waals surface area (Å²) < 4.78 is 5.00. The Morgan fingerprint density at radius 3 is 2.93 bits per heavy atom. The normalized spacial score (nSPS) is 17.3. The molecule has 1 saturated heterocycles. The molecule has 3 rings (SSSR count). The first-order chi connectivity index (χ1) is 13.6. The molecule has 0 bridgehead atoms. The van der Waals surface area contributed by atoms with Gasteiger partial charge in [-0.1, -0.05) is 6.07 Å². The highest BCUT2D eigenvalue weighted by Gasteiger charge is 2.21. The number of rotatable bonds is 7.